The molecule has 9 heteroatoms. The number of nitrogens with zero attached hydrogens (tertiary/aromatic N) is 2. The standard InChI is InChI=1S/C20H27N5O3.ClH/c21-15(7-4-11-23-20(22)27)19(26)25-12-10-17-16(13-25)24-18(28-17)9-8-14-5-2-1-3-6-14;/h1-3,5-6,15H,4,7-13,21H2,(H3,22,23,27);1H/t15-;/m0./s1. The Morgan fingerprint density at radius 1 is 1.24 bits per heavy atom. The van der Waals surface area contributed by atoms with E-state index >= 15 is 0 Å². The van der Waals surface area contributed by atoms with E-state index in [4.69, 9.17) is 15.9 Å². The summed E-state index contributed by atoms with van der Waals surface area (Å²) in [5.41, 5.74) is 13.1. The lowest BCUT2D eigenvalue weighted by Crippen LogP contribution is -2.46. The van der Waals surface area contributed by atoms with Crippen molar-refractivity contribution in [1.82, 2.24) is 15.2 Å². The first-order valence-corrected chi connectivity index (χ1v) is 9.62. The lowest BCUT2D eigenvalue weighted by atomic mass is 10.1. The molecule has 0 saturated carbocycles. The second kappa shape index (κ2) is 10.8. The molecule has 2 heterocycles. The Bertz CT molecular complexity index is 812. The topological polar surface area (TPSA) is 127 Å². The second-order valence-corrected chi connectivity index (χ2v) is 7.01. The predicted octanol–water partition coefficient (Wildman–Crippen LogP) is 1.54. The highest BCUT2D eigenvalue weighted by molar-refractivity contribution is 5.85. The fraction of sp³-hybridized carbons (Fsp3) is 0.450. The molecule has 3 amide bonds. The maximum Gasteiger partial charge on any atom is 0.312 e. The molecule has 3 rings (SSSR count). The Balaban J connectivity index is 0.00000300. The van der Waals surface area contributed by atoms with Gasteiger partial charge in [-0.3, -0.25) is 4.79 Å². The number of aryl methyl sites for hydroxylation is 2. The number of amides is 3. The van der Waals surface area contributed by atoms with Crippen LogP contribution in [0.4, 0.5) is 4.79 Å². The van der Waals surface area contributed by atoms with Gasteiger partial charge in [-0.05, 0) is 24.8 Å². The number of primary amides is 1. The van der Waals surface area contributed by atoms with Gasteiger partial charge in [0, 0.05) is 25.9 Å². The first kappa shape index (κ1) is 22.7. The molecule has 1 aromatic heterocycles. The van der Waals surface area contributed by atoms with Crippen LogP contribution in [0.15, 0.2) is 34.7 Å². The fourth-order valence-electron chi connectivity index (χ4n) is 3.33. The summed E-state index contributed by atoms with van der Waals surface area (Å²) in [6.45, 7) is 1.41. The van der Waals surface area contributed by atoms with Gasteiger partial charge in [0.25, 0.3) is 0 Å². The SMILES string of the molecule is Cl.NC(=O)NCCC[C@H](N)C(=O)N1CCc2oc(CCc3ccccc3)nc2C1. The molecule has 8 nitrogen and oxygen atoms in total. The first-order chi connectivity index (χ1) is 13.5. The average Bonchev–Trinajstić information content (AvgIpc) is 3.11. The van der Waals surface area contributed by atoms with Gasteiger partial charge in [0.2, 0.25) is 5.91 Å². The number of benzene rings is 1. The maximum atomic E-state index is 12.6. The molecule has 158 valence electrons. The van der Waals surface area contributed by atoms with E-state index in [1.54, 1.807) is 4.90 Å². The van der Waals surface area contributed by atoms with Crippen molar-refractivity contribution in [3.63, 3.8) is 0 Å². The Labute approximate surface area is 176 Å². The van der Waals surface area contributed by atoms with Gasteiger partial charge in [0.1, 0.15) is 11.5 Å². The molecule has 0 aliphatic carbocycles. The molecule has 0 saturated heterocycles. The average molecular weight is 422 g/mol. The quantitative estimate of drug-likeness (QED) is 0.557. The molecule has 0 spiro atoms. The highest BCUT2D eigenvalue weighted by Crippen LogP contribution is 2.21. The van der Waals surface area contributed by atoms with Gasteiger partial charge in [-0.2, -0.15) is 0 Å². The van der Waals surface area contributed by atoms with Gasteiger partial charge in [0.05, 0.1) is 12.6 Å². The van der Waals surface area contributed by atoms with Crippen LogP contribution in [0.3, 0.4) is 0 Å². The molecule has 1 aromatic carbocycles. The third kappa shape index (κ3) is 6.47. The summed E-state index contributed by atoms with van der Waals surface area (Å²) >= 11 is 0. The fourth-order valence-corrected chi connectivity index (χ4v) is 3.33. The number of nitrogens with two attached hydrogens (primary N) is 2. The second-order valence-electron chi connectivity index (χ2n) is 7.01. The molecule has 29 heavy (non-hydrogen) atoms. The van der Waals surface area contributed by atoms with Gasteiger partial charge < -0.3 is 26.1 Å². The normalized spacial score (nSPS) is 13.9. The minimum absolute atomic E-state index is 0. The summed E-state index contributed by atoms with van der Waals surface area (Å²) in [4.78, 5) is 29.6. The van der Waals surface area contributed by atoms with E-state index in [1.165, 1.54) is 5.56 Å². The van der Waals surface area contributed by atoms with Crippen LogP contribution in [0.5, 0.6) is 0 Å². The van der Waals surface area contributed by atoms with Crippen molar-refractivity contribution in [2.75, 3.05) is 13.1 Å². The molecule has 2 aromatic rings. The van der Waals surface area contributed by atoms with Crippen molar-refractivity contribution in [2.45, 2.75) is 44.7 Å². The van der Waals surface area contributed by atoms with Crippen LogP contribution in [0.2, 0.25) is 0 Å². The van der Waals surface area contributed by atoms with E-state index in [2.05, 4.69) is 22.4 Å². The number of hydrogen-bond donors (Lipinski definition) is 3. The molecule has 0 radical (unpaired) electrons. The number of hydrogen-bond acceptors (Lipinski definition) is 5. The van der Waals surface area contributed by atoms with Crippen LogP contribution in [0.25, 0.3) is 0 Å². The van der Waals surface area contributed by atoms with E-state index in [0.717, 1.165) is 24.3 Å². The van der Waals surface area contributed by atoms with Crippen LogP contribution in [-0.2, 0) is 30.6 Å². The Morgan fingerprint density at radius 3 is 2.72 bits per heavy atom. The summed E-state index contributed by atoms with van der Waals surface area (Å²) in [6, 6.07) is 9.04. The van der Waals surface area contributed by atoms with Crippen LogP contribution < -0.4 is 16.8 Å². The van der Waals surface area contributed by atoms with Crippen molar-refractivity contribution < 1.29 is 14.0 Å². The number of aromatic nitrogens is 1. The number of oxazole rings is 1. The Kier molecular flexibility index (Phi) is 8.48. The van der Waals surface area contributed by atoms with Crippen molar-refractivity contribution >= 4 is 24.3 Å². The Morgan fingerprint density at radius 2 is 2.00 bits per heavy atom. The predicted molar refractivity (Wildman–Crippen MR) is 112 cm³/mol. The molecular weight excluding hydrogens is 394 g/mol. The maximum absolute atomic E-state index is 12.6. The molecule has 0 bridgehead atoms. The minimum atomic E-state index is -0.597. The molecule has 1 aliphatic rings. The zero-order valence-electron chi connectivity index (χ0n) is 16.3. The van der Waals surface area contributed by atoms with Gasteiger partial charge in [-0.1, -0.05) is 30.3 Å². The smallest absolute Gasteiger partial charge is 0.312 e. The monoisotopic (exact) mass is 421 g/mol. The molecule has 0 fully saturated rings. The molecule has 1 atom stereocenters. The van der Waals surface area contributed by atoms with Crippen LogP contribution in [-0.4, -0.2) is 41.0 Å². The number of carbonyl (C=O) groups excluding carboxylic acids is 2. The van der Waals surface area contributed by atoms with Crippen molar-refractivity contribution in [3.8, 4) is 0 Å². The number of nitrogens with one attached hydrogen (secondary N) is 1. The van der Waals surface area contributed by atoms with Crippen molar-refractivity contribution in [2.24, 2.45) is 11.5 Å². The highest BCUT2D eigenvalue weighted by Gasteiger charge is 2.28. The summed E-state index contributed by atoms with van der Waals surface area (Å²) in [5, 5.41) is 2.49. The largest absolute Gasteiger partial charge is 0.445 e. The van der Waals surface area contributed by atoms with Gasteiger partial charge in [0.15, 0.2) is 5.89 Å². The number of halogens is 1. The number of rotatable bonds is 8. The summed E-state index contributed by atoms with van der Waals surface area (Å²) in [7, 11) is 0. The molecule has 0 unspecified atom stereocenters. The van der Waals surface area contributed by atoms with Crippen LogP contribution >= 0.6 is 12.4 Å². The number of fused-ring (bicyclic) bond motifs is 1. The van der Waals surface area contributed by atoms with Gasteiger partial charge >= 0.3 is 6.03 Å². The lowest BCUT2D eigenvalue weighted by molar-refractivity contribution is -0.133. The van der Waals surface area contributed by atoms with Crippen LogP contribution in [0.1, 0.15) is 35.7 Å². The molecule has 5 N–H and O–H groups in total. The minimum Gasteiger partial charge on any atom is -0.445 e. The highest BCUT2D eigenvalue weighted by atomic mass is 35.5. The third-order valence-corrected chi connectivity index (χ3v) is 4.86. The number of urea groups is 1. The van der Waals surface area contributed by atoms with E-state index in [9.17, 15) is 9.59 Å². The van der Waals surface area contributed by atoms with Crippen molar-refractivity contribution in [1.29, 1.82) is 0 Å². The first-order valence-electron chi connectivity index (χ1n) is 9.62. The van der Waals surface area contributed by atoms with Crippen LogP contribution in [0, 0.1) is 0 Å². The van der Waals surface area contributed by atoms with E-state index in [-0.39, 0.29) is 18.3 Å². The van der Waals surface area contributed by atoms with E-state index < -0.39 is 12.1 Å². The van der Waals surface area contributed by atoms with Gasteiger partial charge in [-0.15, -0.1) is 12.4 Å². The molecular formula is C20H28ClN5O3. The van der Waals surface area contributed by atoms with E-state index in [1.807, 2.05) is 18.2 Å². The number of carbonyl (C=O) groups is 2. The summed E-state index contributed by atoms with van der Waals surface area (Å²) < 4.78 is 5.89. The Hall–Kier alpha value is -2.58. The third-order valence-electron chi connectivity index (χ3n) is 4.86. The van der Waals surface area contributed by atoms with Gasteiger partial charge in [-0.25, -0.2) is 9.78 Å². The van der Waals surface area contributed by atoms with Crippen molar-refractivity contribution in [3.05, 3.63) is 53.2 Å². The lowest BCUT2D eigenvalue weighted by Gasteiger charge is -2.28. The molecule has 1 aliphatic heterocycles. The zero-order valence-corrected chi connectivity index (χ0v) is 17.1. The summed E-state index contributed by atoms with van der Waals surface area (Å²) in [5.74, 6) is 1.48. The van der Waals surface area contributed by atoms with E-state index in [0.29, 0.717) is 44.8 Å². The zero-order chi connectivity index (χ0) is 19.9. The summed E-state index contributed by atoms with van der Waals surface area (Å²) in [6.07, 6.45) is 3.34.